The Balaban J connectivity index is 0.00000180. The Morgan fingerprint density at radius 1 is 1.21 bits per heavy atom. The van der Waals surface area contributed by atoms with Crippen LogP contribution in [0, 0.1) is 11.6 Å². The molecule has 0 aliphatic carbocycles. The number of rotatable bonds is 5. The molecular weight excluding hydrogens is 272 g/mol. The van der Waals surface area contributed by atoms with E-state index < -0.39 is 11.6 Å². The first kappa shape index (κ1) is 15.4. The smallest absolute Gasteiger partial charge is 0.148 e. The maximum absolute atomic E-state index is 13.0. The summed E-state index contributed by atoms with van der Waals surface area (Å²) in [6, 6.07) is 5.31. The zero-order valence-electron chi connectivity index (χ0n) is 10.6. The fourth-order valence-corrected chi connectivity index (χ4v) is 1.72. The van der Waals surface area contributed by atoms with Crippen molar-refractivity contribution in [1.29, 1.82) is 0 Å². The Kier molecular flexibility index (Phi) is 5.76. The zero-order chi connectivity index (χ0) is 13.0. The highest BCUT2D eigenvalue weighted by Crippen LogP contribution is 2.10. The number of benzene rings is 1. The highest BCUT2D eigenvalue weighted by Gasteiger charge is 2.02. The van der Waals surface area contributed by atoms with Gasteiger partial charge in [-0.05, 0) is 24.1 Å². The number of hydrogen-bond acceptors (Lipinski definition) is 2. The van der Waals surface area contributed by atoms with Gasteiger partial charge in [-0.1, -0.05) is 6.92 Å². The van der Waals surface area contributed by atoms with E-state index in [9.17, 15) is 8.78 Å². The average molecular weight is 288 g/mol. The van der Waals surface area contributed by atoms with E-state index in [2.05, 4.69) is 17.3 Å². The van der Waals surface area contributed by atoms with Crippen molar-refractivity contribution >= 4 is 18.2 Å². The summed E-state index contributed by atoms with van der Waals surface area (Å²) < 4.78 is 27.8. The molecule has 0 amide bonds. The molecule has 0 fully saturated rings. The van der Waals surface area contributed by atoms with Crippen molar-refractivity contribution in [2.24, 2.45) is 0 Å². The third-order valence-electron chi connectivity index (χ3n) is 2.49. The van der Waals surface area contributed by atoms with Gasteiger partial charge >= 0.3 is 0 Å². The zero-order valence-corrected chi connectivity index (χ0v) is 11.4. The maximum Gasteiger partial charge on any atom is 0.148 e. The van der Waals surface area contributed by atoms with Crippen LogP contribution in [0.25, 0.3) is 0 Å². The molecule has 0 unspecified atom stereocenters. The second-order valence-corrected chi connectivity index (χ2v) is 4.10. The normalized spacial score (nSPS) is 10.1. The van der Waals surface area contributed by atoms with Gasteiger partial charge in [-0.25, -0.2) is 8.78 Å². The first-order valence-electron chi connectivity index (χ1n) is 5.89. The average Bonchev–Trinajstić information content (AvgIpc) is 2.74. The van der Waals surface area contributed by atoms with Crippen molar-refractivity contribution in [1.82, 2.24) is 9.78 Å². The molecule has 0 atom stereocenters. The lowest BCUT2D eigenvalue weighted by Gasteiger charge is -2.04. The van der Waals surface area contributed by atoms with Crippen molar-refractivity contribution in [3.63, 3.8) is 0 Å². The van der Waals surface area contributed by atoms with Gasteiger partial charge in [0, 0.05) is 31.4 Å². The molecular formula is C13H16ClF2N3. The van der Waals surface area contributed by atoms with Gasteiger partial charge in [-0.15, -0.1) is 12.4 Å². The summed E-state index contributed by atoms with van der Waals surface area (Å²) in [6.45, 7) is 3.28. The van der Waals surface area contributed by atoms with Crippen molar-refractivity contribution in [3.05, 3.63) is 47.7 Å². The number of aromatic nitrogens is 2. The molecule has 19 heavy (non-hydrogen) atoms. The highest BCUT2D eigenvalue weighted by molar-refractivity contribution is 5.85. The van der Waals surface area contributed by atoms with E-state index in [1.54, 1.807) is 0 Å². The van der Waals surface area contributed by atoms with E-state index in [-0.39, 0.29) is 12.4 Å². The van der Waals surface area contributed by atoms with Gasteiger partial charge in [0.05, 0.1) is 0 Å². The topological polar surface area (TPSA) is 29.9 Å². The summed E-state index contributed by atoms with van der Waals surface area (Å²) >= 11 is 0. The Morgan fingerprint density at radius 2 is 1.89 bits per heavy atom. The van der Waals surface area contributed by atoms with Crippen molar-refractivity contribution in [2.75, 3.05) is 5.32 Å². The standard InChI is InChI=1S/C13H15F2N3.ClH/c1-2-4-18-5-3-13(17-18)16-9-10-6-11(14)8-12(15)7-10;/h3,5-8H,2,4,9H2,1H3,(H,16,17);1H. The van der Waals surface area contributed by atoms with Crippen LogP contribution in [0.1, 0.15) is 18.9 Å². The lowest BCUT2D eigenvalue weighted by Crippen LogP contribution is -2.03. The van der Waals surface area contributed by atoms with E-state index in [1.165, 1.54) is 12.1 Å². The van der Waals surface area contributed by atoms with Gasteiger partial charge in [-0.2, -0.15) is 5.10 Å². The minimum absolute atomic E-state index is 0. The quantitative estimate of drug-likeness (QED) is 0.910. The lowest BCUT2D eigenvalue weighted by atomic mass is 10.2. The van der Waals surface area contributed by atoms with Crippen LogP contribution < -0.4 is 5.32 Å². The van der Waals surface area contributed by atoms with E-state index in [1.807, 2.05) is 16.9 Å². The second kappa shape index (κ2) is 7.09. The molecule has 2 aromatic rings. The molecule has 1 aromatic heterocycles. The van der Waals surface area contributed by atoms with E-state index in [0.717, 1.165) is 19.0 Å². The van der Waals surface area contributed by atoms with E-state index >= 15 is 0 Å². The molecule has 3 nitrogen and oxygen atoms in total. The molecule has 0 aliphatic heterocycles. The Bertz CT molecular complexity index is 508. The Morgan fingerprint density at radius 3 is 2.53 bits per heavy atom. The molecule has 1 heterocycles. The third kappa shape index (κ3) is 4.52. The largest absolute Gasteiger partial charge is 0.365 e. The summed E-state index contributed by atoms with van der Waals surface area (Å²) in [7, 11) is 0. The Hall–Kier alpha value is -1.62. The number of nitrogens with zero attached hydrogens (tertiary/aromatic N) is 2. The molecule has 0 radical (unpaired) electrons. The molecule has 6 heteroatoms. The highest BCUT2D eigenvalue weighted by atomic mass is 35.5. The SMILES string of the molecule is CCCn1ccc(NCc2cc(F)cc(F)c2)n1.Cl. The molecule has 1 N–H and O–H groups in total. The summed E-state index contributed by atoms with van der Waals surface area (Å²) in [6.07, 6.45) is 2.88. The predicted molar refractivity (Wildman–Crippen MR) is 73.5 cm³/mol. The fraction of sp³-hybridized carbons (Fsp3) is 0.308. The van der Waals surface area contributed by atoms with Gasteiger partial charge in [-0.3, -0.25) is 4.68 Å². The van der Waals surface area contributed by atoms with Gasteiger partial charge in [0.1, 0.15) is 17.5 Å². The van der Waals surface area contributed by atoms with Crippen molar-refractivity contribution in [2.45, 2.75) is 26.4 Å². The summed E-state index contributed by atoms with van der Waals surface area (Å²) in [5.41, 5.74) is 0.553. The molecule has 0 bridgehead atoms. The predicted octanol–water partition coefficient (Wildman–Crippen LogP) is 3.61. The molecule has 0 saturated carbocycles. The first-order valence-corrected chi connectivity index (χ1v) is 5.89. The van der Waals surface area contributed by atoms with Gasteiger partial charge in [0.2, 0.25) is 0 Å². The van der Waals surface area contributed by atoms with Gasteiger partial charge in [0.15, 0.2) is 0 Å². The van der Waals surface area contributed by atoms with E-state index in [0.29, 0.717) is 17.9 Å². The van der Waals surface area contributed by atoms with Crippen LogP contribution in [0.3, 0.4) is 0 Å². The number of halogens is 3. The lowest BCUT2D eigenvalue weighted by molar-refractivity contribution is 0.580. The van der Waals surface area contributed by atoms with Gasteiger partial charge < -0.3 is 5.32 Å². The maximum atomic E-state index is 13.0. The molecule has 0 aliphatic rings. The summed E-state index contributed by atoms with van der Waals surface area (Å²) in [4.78, 5) is 0. The number of hydrogen-bond donors (Lipinski definition) is 1. The van der Waals surface area contributed by atoms with Crippen LogP contribution in [0.4, 0.5) is 14.6 Å². The summed E-state index contributed by atoms with van der Waals surface area (Å²) in [5.74, 6) is -0.431. The van der Waals surface area contributed by atoms with Crippen LogP contribution in [0.5, 0.6) is 0 Å². The molecule has 1 aromatic carbocycles. The monoisotopic (exact) mass is 287 g/mol. The first-order chi connectivity index (χ1) is 8.67. The van der Waals surface area contributed by atoms with Gasteiger partial charge in [0.25, 0.3) is 0 Å². The number of anilines is 1. The minimum atomic E-state index is -0.566. The van der Waals surface area contributed by atoms with Crippen LogP contribution in [0.15, 0.2) is 30.5 Å². The number of aryl methyl sites for hydroxylation is 1. The Labute approximate surface area is 117 Å². The second-order valence-electron chi connectivity index (χ2n) is 4.10. The fourth-order valence-electron chi connectivity index (χ4n) is 1.72. The van der Waals surface area contributed by atoms with Crippen LogP contribution >= 0.6 is 12.4 Å². The van der Waals surface area contributed by atoms with Crippen LogP contribution in [-0.2, 0) is 13.1 Å². The molecule has 0 saturated heterocycles. The number of nitrogens with one attached hydrogen (secondary N) is 1. The molecule has 104 valence electrons. The summed E-state index contributed by atoms with van der Waals surface area (Å²) in [5, 5.41) is 7.31. The molecule has 2 rings (SSSR count). The van der Waals surface area contributed by atoms with Crippen molar-refractivity contribution in [3.8, 4) is 0 Å². The minimum Gasteiger partial charge on any atom is -0.365 e. The van der Waals surface area contributed by atoms with E-state index in [4.69, 9.17) is 0 Å². The van der Waals surface area contributed by atoms with Crippen LogP contribution in [0.2, 0.25) is 0 Å². The third-order valence-corrected chi connectivity index (χ3v) is 2.49. The molecule has 0 spiro atoms. The van der Waals surface area contributed by atoms with Crippen LogP contribution in [-0.4, -0.2) is 9.78 Å². The van der Waals surface area contributed by atoms with Crippen molar-refractivity contribution < 1.29 is 8.78 Å².